The van der Waals surface area contributed by atoms with Gasteiger partial charge in [0.2, 0.25) is 0 Å². The molecule has 0 fully saturated rings. The van der Waals surface area contributed by atoms with Crippen LogP contribution >= 0.6 is 7.82 Å². The molecule has 288 valence electrons. The smallest absolute Gasteiger partial charge is 0.472 e. The van der Waals surface area contributed by atoms with Crippen LogP contribution in [0.4, 0.5) is 0 Å². The lowest BCUT2D eigenvalue weighted by Crippen LogP contribution is -2.34. The average Bonchev–Trinajstić information content (AvgIpc) is 3.09. The molecule has 12 heteroatoms. The molecule has 0 bridgehead atoms. The van der Waals surface area contributed by atoms with Crippen LogP contribution in [0, 0.1) is 0 Å². The SMILES string of the molecule is CC/C=C\C/C=C\C/C=C\CCCCCCCC(=O)OC[C@H](COP(=O)(O)OC[C@H](N)C(=O)O)OC(=O)CCCCCCC/C=C\CCCC. The summed E-state index contributed by atoms with van der Waals surface area (Å²) in [6, 6.07) is -1.52. The molecular weight excluding hydrogens is 661 g/mol. The van der Waals surface area contributed by atoms with E-state index in [1.165, 1.54) is 12.8 Å². The van der Waals surface area contributed by atoms with Crippen molar-refractivity contribution in [3.05, 3.63) is 48.6 Å². The fourth-order valence-corrected chi connectivity index (χ4v) is 5.37. The Hall–Kier alpha value is -2.56. The van der Waals surface area contributed by atoms with Crippen LogP contribution in [0.25, 0.3) is 0 Å². The average molecular weight is 728 g/mol. The maximum absolute atomic E-state index is 12.5. The molecule has 0 heterocycles. The molecule has 0 aromatic carbocycles. The zero-order valence-corrected chi connectivity index (χ0v) is 31.6. The molecule has 0 aliphatic rings. The van der Waals surface area contributed by atoms with Crippen molar-refractivity contribution in [3.8, 4) is 0 Å². The first-order valence-corrected chi connectivity index (χ1v) is 20.2. The van der Waals surface area contributed by atoms with Crippen molar-refractivity contribution in [2.45, 2.75) is 154 Å². The number of nitrogens with two attached hydrogens (primary N) is 1. The molecule has 50 heavy (non-hydrogen) atoms. The van der Waals surface area contributed by atoms with Crippen LogP contribution < -0.4 is 5.73 Å². The third-order valence-corrected chi connectivity index (χ3v) is 8.51. The number of hydrogen-bond acceptors (Lipinski definition) is 9. The molecule has 0 spiro atoms. The van der Waals surface area contributed by atoms with Gasteiger partial charge in [0.1, 0.15) is 12.6 Å². The number of carbonyl (C=O) groups excluding carboxylic acids is 2. The lowest BCUT2D eigenvalue weighted by atomic mass is 10.1. The van der Waals surface area contributed by atoms with Gasteiger partial charge < -0.3 is 25.2 Å². The standard InChI is InChI=1S/C38H66NO10P/c1-3-5-7-9-11-13-15-16-17-18-20-21-23-25-27-29-36(40)46-31-34(32-47-50(44,45)48-33-35(39)38(42)43)49-37(41)30-28-26-24-22-19-14-12-10-8-6-4-2/h5,7,10-13,16-17,34-35H,3-4,6,8-9,14-15,18-33,39H2,1-2H3,(H,42,43)(H,44,45)/b7-5-,12-10-,13-11-,17-16-/t34-,35+/m1/s1. The Kier molecular flexibility index (Phi) is 31.9. The third-order valence-electron chi connectivity index (χ3n) is 7.56. The lowest BCUT2D eigenvalue weighted by Gasteiger charge is -2.20. The molecule has 0 aromatic rings. The summed E-state index contributed by atoms with van der Waals surface area (Å²) < 4.78 is 32.5. The summed E-state index contributed by atoms with van der Waals surface area (Å²) in [6.07, 6.45) is 34.7. The highest BCUT2D eigenvalue weighted by Crippen LogP contribution is 2.43. The number of unbranched alkanes of at least 4 members (excludes halogenated alkanes) is 12. The Bertz CT molecular complexity index is 1040. The predicted octanol–water partition coefficient (Wildman–Crippen LogP) is 9.05. The fraction of sp³-hybridized carbons (Fsp3) is 0.711. The van der Waals surface area contributed by atoms with E-state index in [0.29, 0.717) is 12.8 Å². The van der Waals surface area contributed by atoms with Crippen LogP contribution in [0.2, 0.25) is 0 Å². The van der Waals surface area contributed by atoms with Gasteiger partial charge in [0.15, 0.2) is 6.10 Å². The van der Waals surface area contributed by atoms with Gasteiger partial charge in [-0.2, -0.15) is 0 Å². The van der Waals surface area contributed by atoms with Crippen molar-refractivity contribution >= 4 is 25.7 Å². The Morgan fingerprint density at radius 2 is 1.12 bits per heavy atom. The molecule has 4 N–H and O–H groups in total. The van der Waals surface area contributed by atoms with E-state index in [-0.39, 0.29) is 19.4 Å². The summed E-state index contributed by atoms with van der Waals surface area (Å²) in [5.74, 6) is -2.42. The Balaban J connectivity index is 4.48. The highest BCUT2D eigenvalue weighted by atomic mass is 31.2. The molecule has 0 saturated carbocycles. The minimum Gasteiger partial charge on any atom is -0.480 e. The molecule has 0 saturated heterocycles. The molecule has 0 radical (unpaired) electrons. The van der Waals surface area contributed by atoms with Gasteiger partial charge in [-0.3, -0.25) is 23.4 Å². The molecule has 0 aromatic heterocycles. The summed E-state index contributed by atoms with van der Waals surface area (Å²) in [6.45, 7) is 2.59. The van der Waals surface area contributed by atoms with Gasteiger partial charge in [0, 0.05) is 12.8 Å². The Labute approximate surface area is 301 Å². The van der Waals surface area contributed by atoms with Crippen LogP contribution in [0.15, 0.2) is 48.6 Å². The minimum atomic E-state index is -4.71. The van der Waals surface area contributed by atoms with E-state index in [9.17, 15) is 23.8 Å². The number of esters is 2. The van der Waals surface area contributed by atoms with Gasteiger partial charge in [-0.1, -0.05) is 114 Å². The van der Waals surface area contributed by atoms with Crippen molar-refractivity contribution in [3.63, 3.8) is 0 Å². The number of aliphatic carboxylic acids is 1. The van der Waals surface area contributed by atoms with Crippen molar-refractivity contribution in [1.82, 2.24) is 0 Å². The number of carboxylic acid groups (broad SMARTS) is 1. The Morgan fingerprint density at radius 3 is 1.70 bits per heavy atom. The molecule has 11 nitrogen and oxygen atoms in total. The van der Waals surface area contributed by atoms with E-state index in [2.05, 4.69) is 67.0 Å². The van der Waals surface area contributed by atoms with Crippen LogP contribution in [-0.2, 0) is 37.5 Å². The van der Waals surface area contributed by atoms with E-state index in [0.717, 1.165) is 89.9 Å². The third kappa shape index (κ3) is 32.6. The van der Waals surface area contributed by atoms with Crippen molar-refractivity contribution in [2.75, 3.05) is 19.8 Å². The van der Waals surface area contributed by atoms with Gasteiger partial charge in [0.05, 0.1) is 13.2 Å². The monoisotopic (exact) mass is 727 g/mol. The van der Waals surface area contributed by atoms with E-state index in [1.54, 1.807) is 0 Å². The molecule has 0 rings (SSSR count). The molecule has 0 amide bonds. The van der Waals surface area contributed by atoms with Crippen LogP contribution in [0.5, 0.6) is 0 Å². The first-order chi connectivity index (χ1) is 24.1. The second kappa shape index (κ2) is 33.6. The highest BCUT2D eigenvalue weighted by molar-refractivity contribution is 7.47. The van der Waals surface area contributed by atoms with Crippen molar-refractivity contribution in [2.24, 2.45) is 5.73 Å². The van der Waals surface area contributed by atoms with E-state index in [1.807, 2.05) is 0 Å². The molecular formula is C38H66NO10P. The summed E-state index contributed by atoms with van der Waals surface area (Å²) in [7, 11) is -4.71. The van der Waals surface area contributed by atoms with E-state index < -0.39 is 51.1 Å². The number of allylic oxidation sites excluding steroid dienone is 8. The zero-order valence-electron chi connectivity index (χ0n) is 30.7. The molecule has 3 atom stereocenters. The normalized spacial score (nSPS) is 14.5. The summed E-state index contributed by atoms with van der Waals surface area (Å²) in [5, 5.41) is 8.85. The number of carbonyl (C=O) groups is 3. The number of phosphoric acid groups is 1. The van der Waals surface area contributed by atoms with E-state index in [4.69, 9.17) is 24.8 Å². The lowest BCUT2D eigenvalue weighted by molar-refractivity contribution is -0.161. The second-order valence-electron chi connectivity index (χ2n) is 12.3. The van der Waals surface area contributed by atoms with Crippen molar-refractivity contribution < 1.29 is 47.5 Å². The second-order valence-corrected chi connectivity index (χ2v) is 13.8. The summed E-state index contributed by atoms with van der Waals surface area (Å²) in [4.78, 5) is 45.7. The largest absolute Gasteiger partial charge is 0.480 e. The summed E-state index contributed by atoms with van der Waals surface area (Å²) in [5.41, 5.74) is 5.31. The first kappa shape index (κ1) is 47.4. The zero-order chi connectivity index (χ0) is 37.1. The number of hydrogen-bond donors (Lipinski definition) is 3. The van der Waals surface area contributed by atoms with Crippen LogP contribution in [-0.4, -0.2) is 59.9 Å². The number of ether oxygens (including phenoxy) is 2. The van der Waals surface area contributed by atoms with Gasteiger partial charge in [0.25, 0.3) is 0 Å². The number of phosphoric ester groups is 1. The number of rotatable bonds is 34. The first-order valence-electron chi connectivity index (χ1n) is 18.7. The molecule has 1 unspecified atom stereocenters. The molecule has 0 aliphatic carbocycles. The van der Waals surface area contributed by atoms with E-state index >= 15 is 0 Å². The topological polar surface area (TPSA) is 172 Å². The van der Waals surface area contributed by atoms with Crippen molar-refractivity contribution in [1.29, 1.82) is 0 Å². The Morgan fingerprint density at radius 1 is 0.640 bits per heavy atom. The predicted molar refractivity (Wildman–Crippen MR) is 198 cm³/mol. The summed E-state index contributed by atoms with van der Waals surface area (Å²) >= 11 is 0. The quantitative estimate of drug-likeness (QED) is 0.0250. The fourth-order valence-electron chi connectivity index (χ4n) is 4.59. The van der Waals surface area contributed by atoms with Gasteiger partial charge in [-0.15, -0.1) is 0 Å². The van der Waals surface area contributed by atoms with Gasteiger partial charge >= 0.3 is 25.7 Å². The van der Waals surface area contributed by atoms with Gasteiger partial charge in [-0.25, -0.2) is 4.57 Å². The van der Waals surface area contributed by atoms with Crippen LogP contribution in [0.1, 0.15) is 142 Å². The highest BCUT2D eigenvalue weighted by Gasteiger charge is 2.28. The molecule has 0 aliphatic heterocycles. The maximum Gasteiger partial charge on any atom is 0.472 e. The minimum absolute atomic E-state index is 0.145. The van der Waals surface area contributed by atoms with Gasteiger partial charge in [-0.05, 0) is 64.2 Å². The number of carboxylic acids is 1. The maximum atomic E-state index is 12.5. The van der Waals surface area contributed by atoms with Crippen LogP contribution in [0.3, 0.4) is 0 Å².